The molecule has 1 heterocycles. The Morgan fingerprint density at radius 3 is 2.59 bits per heavy atom. The Balaban J connectivity index is 1.62. The molecule has 1 atom stereocenters. The van der Waals surface area contributed by atoms with E-state index in [-0.39, 0.29) is 19.1 Å². The van der Waals surface area contributed by atoms with Crippen LogP contribution in [-0.2, 0) is 6.54 Å². The summed E-state index contributed by atoms with van der Waals surface area (Å²) in [7, 11) is 0. The number of nitrogens with zero attached hydrogens (tertiary/aromatic N) is 3. The highest BCUT2D eigenvalue weighted by Crippen LogP contribution is 2.19. The zero-order valence-electron chi connectivity index (χ0n) is 16.2. The van der Waals surface area contributed by atoms with Gasteiger partial charge in [0, 0.05) is 29.6 Å². The summed E-state index contributed by atoms with van der Waals surface area (Å²) in [5.41, 5.74) is 1.90. The SMILES string of the molecule is CCNC(=NCc1nc(-c2ccc(Cl)cc2)no1)NCC(CO)c1ccccc1. The van der Waals surface area contributed by atoms with Crippen molar-refractivity contribution >= 4 is 17.6 Å². The van der Waals surface area contributed by atoms with Crippen molar-refractivity contribution in [3.8, 4) is 11.4 Å². The first kappa shape index (κ1) is 20.8. The van der Waals surface area contributed by atoms with E-state index in [1.54, 1.807) is 12.1 Å². The van der Waals surface area contributed by atoms with E-state index in [2.05, 4.69) is 25.8 Å². The fourth-order valence-corrected chi connectivity index (χ4v) is 2.88. The van der Waals surface area contributed by atoms with Crippen LogP contribution in [0.3, 0.4) is 0 Å². The summed E-state index contributed by atoms with van der Waals surface area (Å²) < 4.78 is 5.30. The highest BCUT2D eigenvalue weighted by atomic mass is 35.5. The third-order valence-corrected chi connectivity index (χ3v) is 4.55. The fourth-order valence-electron chi connectivity index (χ4n) is 2.76. The molecule has 0 spiro atoms. The molecule has 3 N–H and O–H groups in total. The van der Waals surface area contributed by atoms with Crippen molar-refractivity contribution in [2.45, 2.75) is 19.4 Å². The Morgan fingerprint density at radius 1 is 1.14 bits per heavy atom. The maximum atomic E-state index is 9.72. The standard InChI is InChI=1S/C21H24ClN5O2/c1-2-23-21(24-12-17(14-28)15-6-4-3-5-7-15)25-13-19-26-20(27-29-19)16-8-10-18(22)11-9-16/h3-11,17,28H,2,12-14H2,1H3,(H2,23,24,25). The Kier molecular flexibility index (Phi) is 7.61. The number of aliphatic hydroxyl groups excluding tert-OH is 1. The highest BCUT2D eigenvalue weighted by Gasteiger charge is 2.12. The minimum atomic E-state index is -0.0278. The number of aliphatic imine (C=N–C) groups is 1. The van der Waals surface area contributed by atoms with Crippen molar-refractivity contribution in [3.63, 3.8) is 0 Å². The molecule has 7 nitrogen and oxygen atoms in total. The molecule has 1 unspecified atom stereocenters. The van der Waals surface area contributed by atoms with Crippen LogP contribution in [0.25, 0.3) is 11.4 Å². The van der Waals surface area contributed by atoms with Crippen molar-refractivity contribution in [2.75, 3.05) is 19.7 Å². The van der Waals surface area contributed by atoms with Gasteiger partial charge in [0.1, 0.15) is 6.54 Å². The van der Waals surface area contributed by atoms with Crippen molar-refractivity contribution in [3.05, 3.63) is 71.1 Å². The number of aromatic nitrogens is 2. The van der Waals surface area contributed by atoms with Crippen LogP contribution in [0.4, 0.5) is 0 Å². The number of hydrogen-bond donors (Lipinski definition) is 3. The van der Waals surface area contributed by atoms with E-state index in [1.807, 2.05) is 49.4 Å². The van der Waals surface area contributed by atoms with Gasteiger partial charge in [-0.3, -0.25) is 0 Å². The first-order valence-corrected chi connectivity index (χ1v) is 9.84. The molecule has 0 bridgehead atoms. The predicted molar refractivity (Wildman–Crippen MR) is 114 cm³/mol. The summed E-state index contributed by atoms with van der Waals surface area (Å²) >= 11 is 5.91. The van der Waals surface area contributed by atoms with Crippen LogP contribution < -0.4 is 10.6 Å². The number of halogens is 1. The quantitative estimate of drug-likeness (QED) is 0.387. The Bertz CT molecular complexity index is 912. The maximum absolute atomic E-state index is 9.72. The normalized spacial score (nSPS) is 12.6. The Labute approximate surface area is 174 Å². The van der Waals surface area contributed by atoms with Gasteiger partial charge in [0.25, 0.3) is 0 Å². The summed E-state index contributed by atoms with van der Waals surface area (Å²) in [6.07, 6.45) is 0. The van der Waals surface area contributed by atoms with Crippen molar-refractivity contribution in [1.82, 2.24) is 20.8 Å². The molecule has 3 aromatic rings. The van der Waals surface area contributed by atoms with Crippen LogP contribution in [0.1, 0.15) is 24.3 Å². The predicted octanol–water partition coefficient (Wildman–Crippen LogP) is 3.22. The van der Waals surface area contributed by atoms with Gasteiger partial charge in [-0.25, -0.2) is 4.99 Å². The molecule has 0 aliphatic carbocycles. The average Bonchev–Trinajstić information content (AvgIpc) is 3.22. The maximum Gasteiger partial charge on any atom is 0.248 e. The van der Waals surface area contributed by atoms with E-state index in [0.29, 0.717) is 35.8 Å². The minimum Gasteiger partial charge on any atom is -0.396 e. The number of nitrogens with one attached hydrogen (secondary N) is 2. The average molecular weight is 414 g/mol. The van der Waals surface area contributed by atoms with Gasteiger partial charge in [0.05, 0.1) is 6.61 Å². The van der Waals surface area contributed by atoms with Gasteiger partial charge in [-0.05, 0) is 36.8 Å². The first-order chi connectivity index (χ1) is 14.2. The molecular weight excluding hydrogens is 390 g/mol. The lowest BCUT2D eigenvalue weighted by atomic mass is 10.0. The summed E-state index contributed by atoms with van der Waals surface area (Å²) in [5.74, 6) is 1.50. The third kappa shape index (κ3) is 6.04. The first-order valence-electron chi connectivity index (χ1n) is 9.46. The van der Waals surface area contributed by atoms with Crippen LogP contribution in [0.15, 0.2) is 64.1 Å². The summed E-state index contributed by atoms with van der Waals surface area (Å²) in [6.45, 7) is 3.53. The largest absolute Gasteiger partial charge is 0.396 e. The molecule has 152 valence electrons. The zero-order chi connectivity index (χ0) is 20.5. The highest BCUT2D eigenvalue weighted by molar-refractivity contribution is 6.30. The lowest BCUT2D eigenvalue weighted by molar-refractivity contribution is 0.265. The Morgan fingerprint density at radius 2 is 1.90 bits per heavy atom. The Hall–Kier alpha value is -2.90. The van der Waals surface area contributed by atoms with Gasteiger partial charge in [-0.15, -0.1) is 0 Å². The molecule has 0 saturated carbocycles. The number of rotatable bonds is 8. The van der Waals surface area contributed by atoms with Gasteiger partial charge >= 0.3 is 0 Å². The number of guanidine groups is 1. The van der Waals surface area contributed by atoms with E-state index < -0.39 is 0 Å². The van der Waals surface area contributed by atoms with Gasteiger partial charge in [-0.2, -0.15) is 4.98 Å². The van der Waals surface area contributed by atoms with Crippen molar-refractivity contribution in [1.29, 1.82) is 0 Å². The van der Waals surface area contributed by atoms with Crippen LogP contribution in [0.5, 0.6) is 0 Å². The van der Waals surface area contributed by atoms with E-state index in [4.69, 9.17) is 16.1 Å². The van der Waals surface area contributed by atoms with Crippen LogP contribution >= 0.6 is 11.6 Å². The molecule has 1 aromatic heterocycles. The van der Waals surface area contributed by atoms with Gasteiger partial charge in [0.2, 0.25) is 11.7 Å². The molecule has 0 amide bonds. The molecule has 8 heteroatoms. The second kappa shape index (κ2) is 10.6. The van der Waals surface area contributed by atoms with Crippen molar-refractivity contribution < 1.29 is 9.63 Å². The molecule has 29 heavy (non-hydrogen) atoms. The molecule has 0 saturated heterocycles. The van der Waals surface area contributed by atoms with E-state index in [1.165, 1.54) is 0 Å². The lowest BCUT2D eigenvalue weighted by Crippen LogP contribution is -2.39. The molecular formula is C21H24ClN5O2. The van der Waals surface area contributed by atoms with E-state index in [9.17, 15) is 5.11 Å². The summed E-state index contributed by atoms with van der Waals surface area (Å²) in [6, 6.07) is 17.1. The van der Waals surface area contributed by atoms with Crippen LogP contribution in [0.2, 0.25) is 5.02 Å². The molecule has 0 aliphatic rings. The second-order valence-electron chi connectivity index (χ2n) is 6.38. The monoisotopic (exact) mass is 413 g/mol. The lowest BCUT2D eigenvalue weighted by Gasteiger charge is -2.17. The number of benzene rings is 2. The van der Waals surface area contributed by atoms with Crippen LogP contribution in [0, 0.1) is 0 Å². The fraction of sp³-hybridized carbons (Fsp3) is 0.286. The number of hydrogen-bond acceptors (Lipinski definition) is 5. The van der Waals surface area contributed by atoms with Crippen molar-refractivity contribution in [2.24, 2.45) is 4.99 Å². The van der Waals surface area contributed by atoms with E-state index in [0.717, 1.165) is 11.1 Å². The van der Waals surface area contributed by atoms with Gasteiger partial charge < -0.3 is 20.3 Å². The molecule has 0 aliphatic heterocycles. The van der Waals surface area contributed by atoms with Gasteiger partial charge in [0.15, 0.2) is 5.96 Å². The molecule has 3 rings (SSSR count). The number of aliphatic hydroxyl groups is 1. The van der Waals surface area contributed by atoms with Gasteiger partial charge in [-0.1, -0.05) is 47.1 Å². The molecule has 2 aromatic carbocycles. The second-order valence-corrected chi connectivity index (χ2v) is 6.82. The molecule has 0 radical (unpaired) electrons. The van der Waals surface area contributed by atoms with E-state index >= 15 is 0 Å². The zero-order valence-corrected chi connectivity index (χ0v) is 16.9. The smallest absolute Gasteiger partial charge is 0.248 e. The summed E-state index contributed by atoms with van der Waals surface area (Å²) in [5, 5.41) is 20.8. The summed E-state index contributed by atoms with van der Waals surface area (Å²) in [4.78, 5) is 8.88. The minimum absolute atomic E-state index is 0.0278. The third-order valence-electron chi connectivity index (χ3n) is 4.29. The van der Waals surface area contributed by atoms with Crippen LogP contribution in [-0.4, -0.2) is 40.9 Å². The topological polar surface area (TPSA) is 95.6 Å². The molecule has 0 fully saturated rings.